The molecule has 0 aromatic carbocycles. The molecule has 4 heteroatoms. The maximum absolute atomic E-state index is 11.3. The van der Waals surface area contributed by atoms with Crippen LogP contribution in [0.25, 0.3) is 0 Å². The van der Waals surface area contributed by atoms with Crippen LogP contribution in [-0.4, -0.2) is 17.7 Å². The predicted octanol–water partition coefficient (Wildman–Crippen LogP) is 1.73. The van der Waals surface area contributed by atoms with E-state index in [1.807, 2.05) is 0 Å². The van der Waals surface area contributed by atoms with E-state index in [-0.39, 0.29) is 5.97 Å². The molecule has 70 valence electrons. The number of hydrogen-bond donors (Lipinski definition) is 0. The van der Waals surface area contributed by atoms with E-state index in [9.17, 15) is 4.79 Å². The highest BCUT2D eigenvalue weighted by Gasteiger charge is 2.31. The summed E-state index contributed by atoms with van der Waals surface area (Å²) in [6, 6.07) is 0. The minimum atomic E-state index is -0.377. The molecular weight excluding hydrogens is 170 g/mol. The van der Waals surface area contributed by atoms with Gasteiger partial charge in [0.15, 0.2) is 5.69 Å². The summed E-state index contributed by atoms with van der Waals surface area (Å²) in [5.41, 5.74) is 1.25. The van der Waals surface area contributed by atoms with Gasteiger partial charge in [-0.3, -0.25) is 0 Å². The van der Waals surface area contributed by atoms with Crippen LogP contribution in [-0.2, 0) is 4.74 Å². The molecule has 0 unspecified atom stereocenters. The maximum atomic E-state index is 11.3. The highest BCUT2D eigenvalue weighted by Crippen LogP contribution is 2.41. The van der Waals surface area contributed by atoms with Gasteiger partial charge in [-0.25, -0.2) is 4.79 Å². The van der Waals surface area contributed by atoms with Crippen molar-refractivity contribution in [2.75, 3.05) is 6.61 Å². The highest BCUT2D eigenvalue weighted by atomic mass is 16.5. The molecule has 1 aliphatic rings. The summed E-state index contributed by atoms with van der Waals surface area (Å²) in [5.74, 6) is 0.0869. The quantitative estimate of drug-likeness (QED) is 0.666. The van der Waals surface area contributed by atoms with Crippen molar-refractivity contribution >= 4 is 5.97 Å². The van der Waals surface area contributed by atoms with Crippen molar-refractivity contribution < 1.29 is 14.1 Å². The fourth-order valence-corrected chi connectivity index (χ4v) is 1.28. The first kappa shape index (κ1) is 8.29. The van der Waals surface area contributed by atoms with E-state index in [4.69, 9.17) is 9.26 Å². The van der Waals surface area contributed by atoms with Crippen molar-refractivity contribution in [3.05, 3.63) is 17.5 Å². The van der Waals surface area contributed by atoms with Gasteiger partial charge in [-0.15, -0.1) is 0 Å². The lowest BCUT2D eigenvalue weighted by Crippen LogP contribution is -2.07. The molecule has 0 atom stereocenters. The van der Waals surface area contributed by atoms with E-state index in [2.05, 4.69) is 5.16 Å². The third kappa shape index (κ3) is 1.56. The average molecular weight is 181 g/mol. The molecule has 0 amide bonds. The number of rotatable bonds is 3. The number of hydrogen-bond acceptors (Lipinski definition) is 4. The number of esters is 1. The minimum Gasteiger partial charge on any atom is -0.461 e. The Balaban J connectivity index is 2.18. The first-order chi connectivity index (χ1) is 6.33. The molecular formula is C9H11NO3. The van der Waals surface area contributed by atoms with Gasteiger partial charge in [0, 0.05) is 5.56 Å². The predicted molar refractivity (Wildman–Crippen MR) is 44.4 cm³/mol. The number of carbonyl (C=O) groups is 1. The highest BCUT2D eigenvalue weighted by molar-refractivity contribution is 5.88. The van der Waals surface area contributed by atoms with Gasteiger partial charge in [-0.1, -0.05) is 5.16 Å². The largest absolute Gasteiger partial charge is 0.461 e. The maximum Gasteiger partial charge on any atom is 0.360 e. The molecule has 1 aliphatic carbocycles. The van der Waals surface area contributed by atoms with E-state index in [0.717, 1.165) is 18.4 Å². The molecule has 13 heavy (non-hydrogen) atoms. The molecule has 0 N–H and O–H groups in total. The van der Waals surface area contributed by atoms with E-state index >= 15 is 0 Å². The molecule has 0 bridgehead atoms. The molecule has 0 radical (unpaired) electrons. The summed E-state index contributed by atoms with van der Waals surface area (Å²) < 4.78 is 9.61. The fourth-order valence-electron chi connectivity index (χ4n) is 1.28. The summed E-state index contributed by atoms with van der Waals surface area (Å²) in [6.07, 6.45) is 3.78. The molecule has 1 fully saturated rings. The van der Waals surface area contributed by atoms with E-state index in [1.165, 1.54) is 0 Å². The number of nitrogens with zero attached hydrogens (tertiary/aromatic N) is 1. The normalized spacial score (nSPS) is 15.8. The SMILES string of the molecule is CCOC(=O)c1nocc1C1CC1. The summed E-state index contributed by atoms with van der Waals surface area (Å²) in [4.78, 5) is 11.3. The fraction of sp³-hybridized carbons (Fsp3) is 0.556. The summed E-state index contributed by atoms with van der Waals surface area (Å²) in [7, 11) is 0. The van der Waals surface area contributed by atoms with Crippen LogP contribution in [0.15, 0.2) is 10.8 Å². The molecule has 1 saturated carbocycles. The van der Waals surface area contributed by atoms with Crippen molar-refractivity contribution in [2.45, 2.75) is 25.7 Å². The zero-order valence-corrected chi connectivity index (χ0v) is 7.45. The van der Waals surface area contributed by atoms with Gasteiger partial charge in [-0.2, -0.15) is 0 Å². The summed E-state index contributed by atoms with van der Waals surface area (Å²) >= 11 is 0. The first-order valence-corrected chi connectivity index (χ1v) is 4.44. The summed E-state index contributed by atoms with van der Waals surface area (Å²) in [5, 5.41) is 3.65. The molecule has 1 heterocycles. The standard InChI is InChI=1S/C9H11NO3/c1-2-12-9(11)8-7(5-13-10-8)6-3-4-6/h5-6H,2-4H2,1H3. The van der Waals surface area contributed by atoms with Gasteiger partial charge in [0.25, 0.3) is 0 Å². The lowest BCUT2D eigenvalue weighted by atomic mass is 10.2. The molecule has 2 rings (SSSR count). The zero-order chi connectivity index (χ0) is 9.26. The Bertz CT molecular complexity index is 314. The Morgan fingerprint density at radius 3 is 3.15 bits per heavy atom. The van der Waals surface area contributed by atoms with Crippen molar-refractivity contribution in [3.63, 3.8) is 0 Å². The summed E-state index contributed by atoms with van der Waals surface area (Å²) in [6.45, 7) is 2.14. The van der Waals surface area contributed by atoms with Crippen LogP contribution < -0.4 is 0 Å². The second-order valence-electron chi connectivity index (χ2n) is 3.11. The lowest BCUT2D eigenvalue weighted by Gasteiger charge is -1.98. The van der Waals surface area contributed by atoms with Crippen LogP contribution in [0.1, 0.15) is 41.7 Å². The van der Waals surface area contributed by atoms with Crippen LogP contribution in [0, 0.1) is 0 Å². The molecule has 1 aromatic rings. The topological polar surface area (TPSA) is 52.3 Å². The van der Waals surface area contributed by atoms with Gasteiger partial charge in [-0.05, 0) is 25.7 Å². The van der Waals surface area contributed by atoms with Gasteiger partial charge < -0.3 is 9.26 Å². The minimum absolute atomic E-state index is 0.351. The van der Waals surface area contributed by atoms with E-state index in [1.54, 1.807) is 13.2 Å². The first-order valence-electron chi connectivity index (χ1n) is 4.44. The van der Waals surface area contributed by atoms with E-state index < -0.39 is 0 Å². The van der Waals surface area contributed by atoms with Crippen LogP contribution in [0.2, 0.25) is 0 Å². The monoisotopic (exact) mass is 181 g/mol. The van der Waals surface area contributed by atoms with Crippen LogP contribution in [0.4, 0.5) is 0 Å². The molecule has 1 aromatic heterocycles. The Kier molecular flexibility index (Phi) is 2.04. The molecule has 4 nitrogen and oxygen atoms in total. The Labute approximate surface area is 75.9 Å². The van der Waals surface area contributed by atoms with Gasteiger partial charge >= 0.3 is 5.97 Å². The third-order valence-electron chi connectivity index (χ3n) is 2.08. The van der Waals surface area contributed by atoms with Gasteiger partial charge in [0.05, 0.1) is 6.61 Å². The Morgan fingerprint density at radius 1 is 1.77 bits per heavy atom. The molecule has 0 spiro atoms. The Hall–Kier alpha value is -1.32. The number of aromatic nitrogens is 1. The van der Waals surface area contributed by atoms with Crippen LogP contribution in [0.3, 0.4) is 0 Å². The number of ether oxygens (including phenoxy) is 1. The van der Waals surface area contributed by atoms with Crippen LogP contribution >= 0.6 is 0 Å². The second-order valence-corrected chi connectivity index (χ2v) is 3.11. The van der Waals surface area contributed by atoms with Gasteiger partial charge in [0.2, 0.25) is 0 Å². The molecule has 0 saturated heterocycles. The second kappa shape index (κ2) is 3.20. The van der Waals surface area contributed by atoms with Crippen molar-refractivity contribution in [3.8, 4) is 0 Å². The Morgan fingerprint density at radius 2 is 2.54 bits per heavy atom. The number of carbonyl (C=O) groups excluding carboxylic acids is 1. The molecule has 0 aliphatic heterocycles. The van der Waals surface area contributed by atoms with Crippen molar-refractivity contribution in [1.82, 2.24) is 5.16 Å². The average Bonchev–Trinajstić information content (AvgIpc) is 2.84. The lowest BCUT2D eigenvalue weighted by molar-refractivity contribution is 0.0513. The van der Waals surface area contributed by atoms with E-state index in [0.29, 0.717) is 18.2 Å². The van der Waals surface area contributed by atoms with Crippen molar-refractivity contribution in [2.24, 2.45) is 0 Å². The van der Waals surface area contributed by atoms with Crippen molar-refractivity contribution in [1.29, 1.82) is 0 Å². The van der Waals surface area contributed by atoms with Crippen LogP contribution in [0.5, 0.6) is 0 Å². The smallest absolute Gasteiger partial charge is 0.360 e. The van der Waals surface area contributed by atoms with Gasteiger partial charge in [0.1, 0.15) is 6.26 Å². The zero-order valence-electron chi connectivity index (χ0n) is 7.45. The third-order valence-corrected chi connectivity index (χ3v) is 2.08.